The van der Waals surface area contributed by atoms with Crippen molar-refractivity contribution in [3.8, 4) is 0 Å². The number of thioether (sulfide) groups is 3. The number of pyridine rings is 4. The number of rotatable bonds is 15. The van der Waals surface area contributed by atoms with Gasteiger partial charge in [-0.3, -0.25) is 28.3 Å². The van der Waals surface area contributed by atoms with Crippen LogP contribution in [0.2, 0.25) is 5.15 Å². The zero-order valence-corrected chi connectivity index (χ0v) is 80.1. The molecule has 649 valence electrons. The van der Waals surface area contributed by atoms with Crippen LogP contribution in [-0.2, 0) is 57.3 Å². The number of nitrogens with one attached hydrogen (secondary N) is 2. The smallest absolute Gasteiger partial charge is 1.00 e. The summed E-state index contributed by atoms with van der Waals surface area (Å²) in [7, 11) is 0. The number of aliphatic hydroxyl groups excluding tert-OH is 4. The predicted octanol–water partition coefficient (Wildman–Crippen LogP) is 8.04. The van der Waals surface area contributed by atoms with Crippen LogP contribution in [-0.4, -0.2) is 217 Å². The van der Waals surface area contributed by atoms with Crippen LogP contribution in [0.25, 0.3) is 64.9 Å². The van der Waals surface area contributed by atoms with Crippen molar-refractivity contribution in [1.82, 2.24) is 48.8 Å². The minimum Gasteiger partial charge on any atom is -1.00 e. The van der Waals surface area contributed by atoms with Gasteiger partial charge in [-0.15, -0.1) is 35.3 Å². The Bertz CT molecular complexity index is 6220. The molecule has 2 amide bonds. The fourth-order valence-corrected chi connectivity index (χ4v) is 18.8. The number of carbonyl (C=O) groups excluding carboxylic acids is 2. The number of hydrogen-bond donors (Lipinski definition) is 6. The topological polar surface area (TPSA) is 304 Å². The Morgan fingerprint density at radius 3 is 1.00 bits per heavy atom. The number of aromatic nitrogens is 8. The monoisotopic (exact) mass is 1830 g/mol. The fraction of sp³-hybridized carbons (Fsp3) is 0.312. The molecule has 0 unspecified atom stereocenters. The van der Waals surface area contributed by atoms with Crippen molar-refractivity contribution in [2.45, 2.75) is 115 Å². The number of halogens is 1. The molecule has 24 nitrogen and oxygen atoms in total. The Kier molecular flexibility index (Phi) is 34.3. The standard InChI is InChI=1S/2C24H25N3O3S.C24H23N3O3S.C23H20ClN3O3.CH4S.B.2Na.H/c3*1-31-22-7-6-15(12-25-22)10-16-11-19-23(18-5-3-2-4-17(16)18)26-14-27(24(19)29)20-8-9-30-13-21(20)28;24-21-6-5-14(11-25-21)9-15-10-18-22(17-4-2-1-3-16(15)17)26-13-27(23(18)29)19-7-8-30-12-20(19)28;1-2;;;;/h2*2-7,11-12,20-21,26,28H,8-10,13-14H2,1H3;2-7,11-12,14,20-21,28H,8-10,13H2,1H3;1-6,10-11,13,19-20,28H,7-9,12H2;2H,1H3;;;;/q;;;;;;2*+1;-1/p-1/t3*20-,21-;19-,20-;;;;;/m0000...../s1. The van der Waals surface area contributed by atoms with Crippen LogP contribution >= 0.6 is 46.9 Å². The number of anilines is 2. The number of ether oxygens (including phenoxy) is 4. The van der Waals surface area contributed by atoms with Gasteiger partial charge in [0.05, 0.1) is 160 Å². The Labute approximate surface area is 812 Å². The molecular weight excluding hydrogens is 1730 g/mol. The zero-order valence-electron chi connectivity index (χ0n) is 73.1. The second-order valence-corrected chi connectivity index (χ2v) is 34.3. The van der Waals surface area contributed by atoms with Crippen LogP contribution in [0, 0.1) is 0 Å². The molecule has 4 saturated heterocycles. The van der Waals surface area contributed by atoms with Gasteiger partial charge in [0.15, 0.2) is 0 Å². The number of amides is 2. The molecule has 8 atom stereocenters. The third-order valence-corrected chi connectivity index (χ3v) is 26.1. The predicted molar refractivity (Wildman–Crippen MR) is 504 cm³/mol. The van der Waals surface area contributed by atoms with Gasteiger partial charge in [0.2, 0.25) is 0 Å². The van der Waals surface area contributed by atoms with E-state index in [0.29, 0.717) is 129 Å². The normalized spacial score (nSPS) is 19.5. The number of carbonyl (C=O) groups is 2. The molecule has 128 heavy (non-hydrogen) atoms. The Hall–Kier alpha value is -8.35. The van der Waals surface area contributed by atoms with Crippen molar-refractivity contribution < 1.29 is 110 Å². The molecule has 6 aromatic heterocycles. The van der Waals surface area contributed by atoms with Gasteiger partial charge in [-0.2, -0.15) is 6.26 Å². The average Bonchev–Trinajstić information content (AvgIpc) is 0.765. The van der Waals surface area contributed by atoms with Crippen LogP contribution < -0.4 is 80.9 Å². The van der Waals surface area contributed by atoms with Gasteiger partial charge in [-0.1, -0.05) is 133 Å². The van der Waals surface area contributed by atoms with Crippen molar-refractivity contribution in [3.63, 3.8) is 0 Å². The van der Waals surface area contributed by atoms with Crippen molar-refractivity contribution in [1.29, 1.82) is 0 Å². The van der Waals surface area contributed by atoms with E-state index in [9.17, 15) is 39.6 Å². The maximum atomic E-state index is 13.5. The molecule has 8 aromatic carbocycles. The summed E-state index contributed by atoms with van der Waals surface area (Å²) < 4.78 is 24.5. The molecule has 14 aromatic rings. The van der Waals surface area contributed by atoms with Gasteiger partial charge in [0.25, 0.3) is 22.9 Å². The molecule has 32 heteroatoms. The number of aliphatic hydroxyl groups is 4. The summed E-state index contributed by atoms with van der Waals surface area (Å²) >= 11 is 14.9. The Morgan fingerprint density at radius 2 is 0.695 bits per heavy atom. The molecule has 0 bridgehead atoms. The van der Waals surface area contributed by atoms with E-state index in [0.717, 1.165) is 114 Å². The minimum absolute atomic E-state index is 0. The van der Waals surface area contributed by atoms with Gasteiger partial charge in [0, 0.05) is 81.2 Å². The number of benzene rings is 8. The van der Waals surface area contributed by atoms with Crippen molar-refractivity contribution in [2.75, 3.05) is 102 Å². The summed E-state index contributed by atoms with van der Waals surface area (Å²) in [6.45, 7) is 3.91. The molecule has 12 heterocycles. The van der Waals surface area contributed by atoms with E-state index in [1.807, 2.05) is 153 Å². The third kappa shape index (κ3) is 21.4. The molecular formula is C96H97BClN12Na2O12S4. The molecule has 6 aliphatic heterocycles. The van der Waals surface area contributed by atoms with Crippen molar-refractivity contribution >= 4 is 156 Å². The van der Waals surface area contributed by atoms with E-state index < -0.39 is 24.4 Å². The fourth-order valence-electron chi connectivity index (χ4n) is 17.6. The number of hydrogen-bond acceptors (Lipinski definition) is 24. The van der Waals surface area contributed by atoms with Crippen LogP contribution in [0.4, 0.5) is 11.4 Å². The third-order valence-electron chi connectivity index (χ3n) is 23.9. The van der Waals surface area contributed by atoms with E-state index in [2.05, 4.69) is 102 Å². The summed E-state index contributed by atoms with van der Waals surface area (Å²) in [5, 5.41) is 61.3. The minimum atomic E-state index is -0.726. The molecule has 4 fully saturated rings. The van der Waals surface area contributed by atoms with Crippen molar-refractivity contribution in [2.24, 2.45) is 0 Å². The molecule has 20 rings (SSSR count). The second-order valence-electron chi connectivity index (χ2n) is 31.4. The second kappa shape index (κ2) is 45.2. The van der Waals surface area contributed by atoms with Gasteiger partial charge in [0.1, 0.15) is 5.15 Å². The first-order valence-electron chi connectivity index (χ1n) is 41.6. The average molecular weight is 1830 g/mol. The first-order chi connectivity index (χ1) is 61.1. The van der Waals surface area contributed by atoms with Crippen LogP contribution in [0.1, 0.15) is 104 Å². The largest absolute Gasteiger partial charge is 1.00 e. The molecule has 0 aliphatic carbocycles. The summed E-state index contributed by atoms with van der Waals surface area (Å²) in [5.41, 5.74) is 12.7. The maximum absolute atomic E-state index is 13.5. The zero-order chi connectivity index (χ0) is 86.8. The molecule has 6 aliphatic rings. The van der Waals surface area contributed by atoms with E-state index in [4.69, 9.17) is 30.5 Å². The van der Waals surface area contributed by atoms with E-state index >= 15 is 0 Å². The first-order valence-corrected chi connectivity index (χ1v) is 46.5. The van der Waals surface area contributed by atoms with Gasteiger partial charge in [-0.25, -0.2) is 29.9 Å². The van der Waals surface area contributed by atoms with Gasteiger partial charge in [-0.05, 0) is 185 Å². The van der Waals surface area contributed by atoms with Crippen LogP contribution in [0.3, 0.4) is 0 Å². The molecule has 3 radical (unpaired) electrons. The quantitative estimate of drug-likeness (QED) is 0.0186. The summed E-state index contributed by atoms with van der Waals surface area (Å²) in [5.74, 6) is -0.0786. The maximum Gasteiger partial charge on any atom is 1.00 e. The van der Waals surface area contributed by atoms with Gasteiger partial charge >= 0.3 is 59.1 Å². The Balaban J connectivity index is 0.000000153. The first kappa shape index (κ1) is 97.2. The molecule has 0 saturated carbocycles. The van der Waals surface area contributed by atoms with Crippen molar-refractivity contribution in [3.05, 3.63) is 289 Å². The SMILES string of the molecule is CSc1ccc(Cc2cc3c(=O)n([C@H]4CCOC[C@@H]4O)cnc3c3ccccc23)cn1.CSc1ccc(Cc2cc3c(c4ccccc24)NCN([C@H]2CCOC[C@@H]2O)C3=O)cn1.CSc1ccc(Cc2cc3c(c4ccccc24)NCN([C@H]2CCOC[C@@H]2O)C3=O)cn1.C[S-].O=c1c2cc(Cc3ccc(Cl)nc3)c3ccccc3c2ncn1[C@H]1CCOC[C@@H]1O.[B].[H-].[Na+].[Na+]. The summed E-state index contributed by atoms with van der Waals surface area (Å²) in [6.07, 6.45) is 20.5. The number of nitrogens with zero attached hydrogens (tertiary/aromatic N) is 10. The summed E-state index contributed by atoms with van der Waals surface area (Å²) in [6, 6.07) is 55.2. The molecule has 6 N–H and O–H groups in total. The van der Waals surface area contributed by atoms with E-state index in [1.54, 1.807) is 85.4 Å². The van der Waals surface area contributed by atoms with E-state index in [1.165, 1.54) is 0 Å². The number of fused-ring (bicyclic) bond motifs is 12. The van der Waals surface area contributed by atoms with E-state index in [-0.39, 0.29) is 142 Å². The van der Waals surface area contributed by atoms with Crippen LogP contribution in [0.15, 0.2) is 232 Å². The van der Waals surface area contributed by atoms with Crippen LogP contribution in [0.5, 0.6) is 0 Å². The van der Waals surface area contributed by atoms with Gasteiger partial charge < -0.3 is 73.9 Å². The summed E-state index contributed by atoms with van der Waals surface area (Å²) in [4.78, 5) is 84.3. The Morgan fingerprint density at radius 1 is 0.398 bits per heavy atom. The molecule has 0 spiro atoms.